The summed E-state index contributed by atoms with van der Waals surface area (Å²) in [5.74, 6) is 0.0259. The molecule has 0 aliphatic carbocycles. The number of nitrogens with one attached hydrogen (secondary N) is 1. The Hall–Kier alpha value is -1.82. The third-order valence-corrected chi connectivity index (χ3v) is 1.86. The van der Waals surface area contributed by atoms with Crippen LogP contribution in [0.4, 0.5) is 0 Å². The molecule has 2 rings (SSSR count). The van der Waals surface area contributed by atoms with E-state index in [9.17, 15) is 4.79 Å². The standard InChI is InChI=1S/C8H9N5O/c1-9-5-7(14)6-2-3-13-8(4-6)10-11-12-13/h2-4,9H,5H2,1H3. The van der Waals surface area contributed by atoms with Crippen LogP contribution in [-0.2, 0) is 0 Å². The molecular weight excluding hydrogens is 182 g/mol. The predicted octanol–water partition coefficient (Wildman–Crippen LogP) is -0.474. The number of nitrogens with zero attached hydrogens (tertiary/aromatic N) is 4. The summed E-state index contributed by atoms with van der Waals surface area (Å²) in [6, 6.07) is 3.36. The minimum atomic E-state index is 0.0259. The summed E-state index contributed by atoms with van der Waals surface area (Å²) in [6.07, 6.45) is 1.66. The number of likely N-dealkylation sites (N-methyl/N-ethyl adjacent to an activating group) is 1. The number of tetrazole rings is 1. The normalized spacial score (nSPS) is 10.6. The van der Waals surface area contributed by atoms with Gasteiger partial charge in [-0.05, 0) is 29.6 Å². The Balaban J connectivity index is 2.38. The molecule has 0 aliphatic rings. The van der Waals surface area contributed by atoms with Gasteiger partial charge in [0.1, 0.15) is 0 Å². The zero-order valence-electron chi connectivity index (χ0n) is 7.64. The number of ketones is 1. The van der Waals surface area contributed by atoms with E-state index in [0.717, 1.165) is 0 Å². The quantitative estimate of drug-likeness (QED) is 0.664. The fourth-order valence-corrected chi connectivity index (χ4v) is 1.18. The van der Waals surface area contributed by atoms with Crippen molar-refractivity contribution in [3.8, 4) is 0 Å². The molecule has 0 bridgehead atoms. The van der Waals surface area contributed by atoms with Crippen LogP contribution in [0.2, 0.25) is 0 Å². The maximum absolute atomic E-state index is 11.5. The van der Waals surface area contributed by atoms with Crippen molar-refractivity contribution >= 4 is 11.4 Å². The van der Waals surface area contributed by atoms with Gasteiger partial charge >= 0.3 is 0 Å². The van der Waals surface area contributed by atoms with Crippen molar-refractivity contribution in [3.63, 3.8) is 0 Å². The van der Waals surface area contributed by atoms with E-state index in [1.165, 1.54) is 4.52 Å². The summed E-state index contributed by atoms with van der Waals surface area (Å²) in [4.78, 5) is 11.5. The molecule has 0 aromatic carbocycles. The molecule has 6 heteroatoms. The summed E-state index contributed by atoms with van der Waals surface area (Å²) < 4.78 is 1.51. The molecule has 2 heterocycles. The van der Waals surface area contributed by atoms with Gasteiger partial charge in [-0.15, -0.1) is 5.10 Å². The van der Waals surface area contributed by atoms with Crippen LogP contribution in [0.25, 0.3) is 5.65 Å². The van der Waals surface area contributed by atoms with E-state index in [1.54, 1.807) is 25.4 Å². The van der Waals surface area contributed by atoms with E-state index in [2.05, 4.69) is 20.8 Å². The minimum absolute atomic E-state index is 0.0259. The van der Waals surface area contributed by atoms with E-state index >= 15 is 0 Å². The maximum Gasteiger partial charge on any atom is 0.179 e. The van der Waals surface area contributed by atoms with Crippen molar-refractivity contribution < 1.29 is 4.79 Å². The van der Waals surface area contributed by atoms with Gasteiger partial charge in [0.05, 0.1) is 6.54 Å². The number of carbonyl (C=O) groups is 1. The third kappa shape index (κ3) is 1.47. The summed E-state index contributed by atoms with van der Waals surface area (Å²) in [5.41, 5.74) is 1.19. The van der Waals surface area contributed by atoms with E-state index in [4.69, 9.17) is 0 Å². The molecule has 72 valence electrons. The highest BCUT2D eigenvalue weighted by molar-refractivity contribution is 5.98. The molecule has 0 atom stereocenters. The number of carbonyl (C=O) groups excluding carboxylic acids is 1. The van der Waals surface area contributed by atoms with Crippen molar-refractivity contribution in [2.24, 2.45) is 0 Å². The fraction of sp³-hybridized carbons (Fsp3) is 0.250. The predicted molar refractivity (Wildman–Crippen MR) is 49.0 cm³/mol. The maximum atomic E-state index is 11.5. The third-order valence-electron chi connectivity index (χ3n) is 1.86. The summed E-state index contributed by atoms with van der Waals surface area (Å²) >= 11 is 0. The first kappa shape index (κ1) is 8.76. The average molecular weight is 191 g/mol. The lowest BCUT2D eigenvalue weighted by Crippen LogP contribution is -2.18. The van der Waals surface area contributed by atoms with Crippen molar-refractivity contribution in [3.05, 3.63) is 23.9 Å². The Morgan fingerprint density at radius 3 is 3.29 bits per heavy atom. The summed E-state index contributed by atoms with van der Waals surface area (Å²) in [5, 5.41) is 13.7. The molecular formula is C8H9N5O. The van der Waals surface area contributed by atoms with Crippen LogP contribution in [-0.4, -0.2) is 39.4 Å². The number of rotatable bonds is 3. The molecule has 0 saturated heterocycles. The minimum Gasteiger partial charge on any atom is -0.313 e. The van der Waals surface area contributed by atoms with Gasteiger partial charge in [-0.25, -0.2) is 4.52 Å². The van der Waals surface area contributed by atoms with Crippen LogP contribution in [0.5, 0.6) is 0 Å². The van der Waals surface area contributed by atoms with Gasteiger partial charge in [0.2, 0.25) is 0 Å². The average Bonchev–Trinajstić information content (AvgIpc) is 2.64. The smallest absolute Gasteiger partial charge is 0.179 e. The molecule has 2 aromatic heterocycles. The molecule has 14 heavy (non-hydrogen) atoms. The molecule has 0 amide bonds. The second-order valence-corrected chi connectivity index (χ2v) is 2.85. The Morgan fingerprint density at radius 1 is 1.64 bits per heavy atom. The van der Waals surface area contributed by atoms with Gasteiger partial charge < -0.3 is 5.32 Å². The van der Waals surface area contributed by atoms with Crippen molar-refractivity contribution in [2.75, 3.05) is 13.6 Å². The zero-order valence-corrected chi connectivity index (χ0v) is 7.64. The zero-order chi connectivity index (χ0) is 9.97. The topological polar surface area (TPSA) is 72.2 Å². The van der Waals surface area contributed by atoms with Gasteiger partial charge in [-0.2, -0.15) is 0 Å². The Labute approximate surface area is 79.9 Å². The lowest BCUT2D eigenvalue weighted by molar-refractivity contribution is 0.0993. The number of hydrogen-bond acceptors (Lipinski definition) is 5. The first-order chi connectivity index (χ1) is 6.81. The molecule has 0 aliphatic heterocycles. The number of hydrogen-bond donors (Lipinski definition) is 1. The SMILES string of the molecule is CNCC(=O)c1ccn2nnnc2c1. The van der Waals surface area contributed by atoms with Gasteiger partial charge in [0.15, 0.2) is 11.4 Å². The Bertz CT molecular complexity index is 463. The highest BCUT2D eigenvalue weighted by Gasteiger charge is 2.06. The first-order valence-corrected chi connectivity index (χ1v) is 4.17. The molecule has 2 aromatic rings. The first-order valence-electron chi connectivity index (χ1n) is 4.17. The fourth-order valence-electron chi connectivity index (χ4n) is 1.18. The lowest BCUT2D eigenvalue weighted by atomic mass is 10.2. The van der Waals surface area contributed by atoms with Gasteiger partial charge in [-0.3, -0.25) is 4.79 Å². The van der Waals surface area contributed by atoms with Crippen LogP contribution in [0.15, 0.2) is 18.3 Å². The van der Waals surface area contributed by atoms with E-state index in [1.807, 2.05) is 0 Å². The van der Waals surface area contributed by atoms with Crippen LogP contribution >= 0.6 is 0 Å². The molecule has 0 spiro atoms. The second-order valence-electron chi connectivity index (χ2n) is 2.85. The van der Waals surface area contributed by atoms with Gasteiger partial charge in [0.25, 0.3) is 0 Å². The Morgan fingerprint density at radius 2 is 2.50 bits per heavy atom. The second kappa shape index (κ2) is 3.51. The van der Waals surface area contributed by atoms with Gasteiger partial charge in [0, 0.05) is 11.8 Å². The molecule has 0 saturated carbocycles. The van der Waals surface area contributed by atoms with Crippen molar-refractivity contribution in [2.45, 2.75) is 0 Å². The molecule has 0 unspecified atom stereocenters. The number of Topliss-reactive ketones (excluding diaryl/α,β-unsaturated/α-hetero) is 1. The number of fused-ring (bicyclic) bond motifs is 1. The van der Waals surface area contributed by atoms with Crippen LogP contribution < -0.4 is 5.32 Å². The highest BCUT2D eigenvalue weighted by Crippen LogP contribution is 2.03. The summed E-state index contributed by atoms with van der Waals surface area (Å²) in [7, 11) is 1.73. The monoisotopic (exact) mass is 191 g/mol. The lowest BCUT2D eigenvalue weighted by Gasteiger charge is -1.98. The van der Waals surface area contributed by atoms with E-state index in [-0.39, 0.29) is 5.78 Å². The van der Waals surface area contributed by atoms with Crippen LogP contribution in [0, 0.1) is 0 Å². The Kier molecular flexibility index (Phi) is 2.19. The van der Waals surface area contributed by atoms with Crippen LogP contribution in [0.1, 0.15) is 10.4 Å². The molecule has 6 nitrogen and oxygen atoms in total. The van der Waals surface area contributed by atoms with E-state index < -0.39 is 0 Å². The van der Waals surface area contributed by atoms with Crippen molar-refractivity contribution in [1.29, 1.82) is 0 Å². The number of pyridine rings is 1. The highest BCUT2D eigenvalue weighted by atomic mass is 16.1. The largest absolute Gasteiger partial charge is 0.313 e. The molecule has 1 N–H and O–H groups in total. The molecule has 0 radical (unpaired) electrons. The van der Waals surface area contributed by atoms with E-state index in [0.29, 0.717) is 17.8 Å². The molecule has 0 fully saturated rings. The van der Waals surface area contributed by atoms with Crippen molar-refractivity contribution in [1.82, 2.24) is 25.4 Å². The summed E-state index contributed by atoms with van der Waals surface area (Å²) in [6.45, 7) is 0.317. The van der Waals surface area contributed by atoms with Gasteiger partial charge in [-0.1, -0.05) is 0 Å². The number of aromatic nitrogens is 4. The van der Waals surface area contributed by atoms with Crippen LogP contribution in [0.3, 0.4) is 0 Å².